The molecule has 0 spiro atoms. The fourth-order valence-electron chi connectivity index (χ4n) is 4.23. The van der Waals surface area contributed by atoms with Gasteiger partial charge in [0.15, 0.2) is 12.4 Å². The Morgan fingerprint density at radius 1 is 0.861 bits per heavy atom. The average molecular weight is 502 g/mol. The number of carbonyl (C=O) groups is 2. The van der Waals surface area contributed by atoms with Crippen LogP contribution < -0.4 is 5.32 Å². The number of carbonyl (C=O) groups excluding carboxylic acids is 2. The molecule has 1 N–H and O–H groups in total. The van der Waals surface area contributed by atoms with Crippen molar-refractivity contribution in [1.29, 1.82) is 0 Å². The number of hydrogen-bond acceptors (Lipinski definition) is 5. The van der Waals surface area contributed by atoms with Crippen LogP contribution in [0.5, 0.6) is 0 Å². The number of alkyl halides is 2. The molecule has 4 aromatic rings. The molecule has 7 heteroatoms. The number of hydrogen-bond donors (Lipinski definition) is 1. The van der Waals surface area contributed by atoms with Crippen LogP contribution in [0.1, 0.15) is 31.8 Å². The van der Waals surface area contributed by atoms with Gasteiger partial charge < -0.3 is 10.1 Å². The second-order valence-corrected chi connectivity index (χ2v) is 9.34. The van der Waals surface area contributed by atoms with E-state index in [2.05, 4.69) is 11.4 Å². The first-order chi connectivity index (χ1) is 17.5. The van der Waals surface area contributed by atoms with E-state index in [-0.39, 0.29) is 18.0 Å². The number of Topliss-reactive ketones (excluding diaryl/α,β-unsaturated/α-hetero) is 1. The Morgan fingerprint density at radius 2 is 1.58 bits per heavy atom. The summed E-state index contributed by atoms with van der Waals surface area (Å²) in [7, 11) is 0. The summed E-state index contributed by atoms with van der Waals surface area (Å²) in [4.78, 5) is 26.1. The minimum atomic E-state index is -2.49. The minimum Gasteiger partial charge on any atom is -0.454 e. The fourth-order valence-corrected chi connectivity index (χ4v) is 4.73. The lowest BCUT2D eigenvalue weighted by Gasteiger charge is -2.12. The van der Waals surface area contributed by atoms with Crippen molar-refractivity contribution in [2.75, 3.05) is 11.9 Å². The Morgan fingerprint density at radius 3 is 2.39 bits per heavy atom. The third-order valence-electron chi connectivity index (χ3n) is 5.96. The number of benzene rings is 4. The van der Waals surface area contributed by atoms with Crippen molar-refractivity contribution < 1.29 is 23.1 Å². The average Bonchev–Trinajstić information content (AvgIpc) is 3.26. The van der Waals surface area contributed by atoms with Crippen LogP contribution in [0.25, 0.3) is 11.1 Å². The number of rotatable bonds is 8. The van der Waals surface area contributed by atoms with Gasteiger partial charge in [-0.1, -0.05) is 60.3 Å². The third kappa shape index (κ3) is 5.16. The van der Waals surface area contributed by atoms with Crippen molar-refractivity contribution in [2.45, 2.75) is 17.1 Å². The zero-order valence-corrected chi connectivity index (χ0v) is 19.9. The molecule has 4 nitrogen and oxygen atoms in total. The molecule has 1 aliphatic carbocycles. The van der Waals surface area contributed by atoms with Gasteiger partial charge >= 0.3 is 5.97 Å². The molecule has 0 heterocycles. The molecular weight excluding hydrogens is 480 g/mol. The summed E-state index contributed by atoms with van der Waals surface area (Å²) in [6.07, 6.45) is 0.840. The summed E-state index contributed by atoms with van der Waals surface area (Å²) in [6.45, 7) is -0.382. The monoisotopic (exact) mass is 501 g/mol. The Balaban J connectivity index is 1.25. The van der Waals surface area contributed by atoms with Crippen LogP contribution in [-0.2, 0) is 11.2 Å². The van der Waals surface area contributed by atoms with Crippen molar-refractivity contribution in [3.63, 3.8) is 0 Å². The van der Waals surface area contributed by atoms with Gasteiger partial charge in [-0.15, -0.1) is 0 Å². The Kier molecular flexibility index (Phi) is 6.82. The van der Waals surface area contributed by atoms with Crippen molar-refractivity contribution in [3.05, 3.63) is 113 Å². The van der Waals surface area contributed by atoms with E-state index in [4.69, 9.17) is 4.74 Å². The minimum absolute atomic E-state index is 0.263. The normalized spacial score (nSPS) is 11.6. The SMILES string of the molecule is O=C(COC(=O)c1ccccc1Nc1ccc(SC(F)F)cc1)c1ccc2c(c1)-c1ccccc1C2. The maximum Gasteiger partial charge on any atom is 0.340 e. The van der Waals surface area contributed by atoms with E-state index in [1.54, 1.807) is 54.6 Å². The van der Waals surface area contributed by atoms with Crippen LogP contribution in [0.4, 0.5) is 20.2 Å². The Labute approximate surface area is 211 Å². The van der Waals surface area contributed by atoms with Crippen LogP contribution >= 0.6 is 11.8 Å². The number of thioether (sulfide) groups is 1. The summed E-state index contributed by atoms with van der Waals surface area (Å²) in [5, 5.41) is 3.11. The molecule has 180 valence electrons. The molecular formula is C29H21F2NO3S. The van der Waals surface area contributed by atoms with Gasteiger partial charge in [-0.2, -0.15) is 8.78 Å². The maximum absolute atomic E-state index is 12.8. The smallest absolute Gasteiger partial charge is 0.340 e. The van der Waals surface area contributed by atoms with Crippen molar-refractivity contribution in [2.24, 2.45) is 0 Å². The summed E-state index contributed by atoms with van der Waals surface area (Å²) in [6, 6.07) is 26.9. The first-order valence-corrected chi connectivity index (χ1v) is 12.2. The summed E-state index contributed by atoms with van der Waals surface area (Å²) >= 11 is 0.465. The largest absolute Gasteiger partial charge is 0.454 e. The predicted molar refractivity (Wildman–Crippen MR) is 137 cm³/mol. The molecule has 0 bridgehead atoms. The van der Waals surface area contributed by atoms with E-state index in [0.717, 1.165) is 17.5 Å². The Bertz CT molecular complexity index is 1440. The number of ether oxygens (including phenoxy) is 1. The van der Waals surface area contributed by atoms with Crippen molar-refractivity contribution in [3.8, 4) is 11.1 Å². The number of ketones is 1. The first kappa shape index (κ1) is 23.8. The first-order valence-electron chi connectivity index (χ1n) is 11.3. The zero-order valence-electron chi connectivity index (χ0n) is 19.0. The van der Waals surface area contributed by atoms with Gasteiger partial charge in [-0.3, -0.25) is 4.79 Å². The van der Waals surface area contributed by atoms with Crippen LogP contribution in [0, 0.1) is 0 Å². The molecule has 1 aliphatic rings. The van der Waals surface area contributed by atoms with E-state index < -0.39 is 11.7 Å². The van der Waals surface area contributed by atoms with E-state index in [1.807, 2.05) is 30.3 Å². The van der Waals surface area contributed by atoms with Gasteiger partial charge in [-0.25, -0.2) is 4.79 Å². The number of para-hydroxylation sites is 1. The fraction of sp³-hybridized carbons (Fsp3) is 0.103. The van der Waals surface area contributed by atoms with Gasteiger partial charge in [0.2, 0.25) is 0 Å². The number of fused-ring (bicyclic) bond motifs is 3. The maximum atomic E-state index is 12.8. The summed E-state index contributed by atoms with van der Waals surface area (Å²) in [5.74, 6) is -3.41. The molecule has 36 heavy (non-hydrogen) atoms. The predicted octanol–water partition coefficient (Wildman–Crippen LogP) is 7.36. The van der Waals surface area contributed by atoms with Gasteiger partial charge in [0.05, 0.1) is 11.3 Å². The molecule has 0 amide bonds. The quantitative estimate of drug-likeness (QED) is 0.137. The molecule has 0 fully saturated rings. The number of esters is 1. The number of anilines is 2. The number of halogens is 2. The lowest BCUT2D eigenvalue weighted by atomic mass is 10.0. The van der Waals surface area contributed by atoms with Crippen molar-refractivity contribution >= 4 is 34.9 Å². The molecule has 4 aromatic carbocycles. The molecule has 0 aromatic heterocycles. The second kappa shape index (κ2) is 10.3. The molecule has 0 atom stereocenters. The van der Waals surface area contributed by atoms with Crippen LogP contribution in [-0.4, -0.2) is 24.1 Å². The molecule has 0 radical (unpaired) electrons. The highest BCUT2D eigenvalue weighted by molar-refractivity contribution is 7.99. The highest BCUT2D eigenvalue weighted by Crippen LogP contribution is 2.37. The van der Waals surface area contributed by atoms with Crippen LogP contribution in [0.2, 0.25) is 0 Å². The standard InChI is InChI=1S/C29H21F2NO3S/c30-29(31)36-22-13-11-21(12-14-22)32-26-8-4-3-7-24(26)28(34)35-17-27(33)20-10-9-19-15-18-5-1-2-6-23(18)25(19)16-20/h1-14,16,29,32H,15,17H2. The van der Waals surface area contributed by atoms with Gasteiger partial charge in [0.1, 0.15) is 0 Å². The lowest BCUT2D eigenvalue weighted by Crippen LogP contribution is -2.15. The second-order valence-electron chi connectivity index (χ2n) is 8.28. The highest BCUT2D eigenvalue weighted by Gasteiger charge is 2.21. The lowest BCUT2D eigenvalue weighted by molar-refractivity contribution is 0.0476. The van der Waals surface area contributed by atoms with Gasteiger partial charge in [0.25, 0.3) is 5.76 Å². The molecule has 0 aliphatic heterocycles. The molecule has 0 saturated carbocycles. The van der Waals surface area contributed by atoms with Crippen LogP contribution in [0.15, 0.2) is 95.9 Å². The van der Waals surface area contributed by atoms with E-state index in [1.165, 1.54) is 11.1 Å². The van der Waals surface area contributed by atoms with E-state index in [0.29, 0.717) is 33.6 Å². The topological polar surface area (TPSA) is 55.4 Å². The molecule has 0 saturated heterocycles. The number of nitrogens with one attached hydrogen (secondary N) is 1. The zero-order chi connectivity index (χ0) is 25.1. The van der Waals surface area contributed by atoms with E-state index >= 15 is 0 Å². The van der Waals surface area contributed by atoms with Gasteiger partial charge in [0, 0.05) is 16.1 Å². The third-order valence-corrected chi connectivity index (χ3v) is 6.68. The summed E-state index contributed by atoms with van der Waals surface area (Å²) in [5.41, 5.74) is 6.43. The molecule has 0 unspecified atom stereocenters. The Hall–Kier alpha value is -3.97. The van der Waals surface area contributed by atoms with Gasteiger partial charge in [-0.05, 0) is 71.1 Å². The molecule has 5 rings (SSSR count). The van der Waals surface area contributed by atoms with Crippen molar-refractivity contribution in [1.82, 2.24) is 0 Å². The summed E-state index contributed by atoms with van der Waals surface area (Å²) < 4.78 is 30.4. The van der Waals surface area contributed by atoms with Crippen LogP contribution in [0.3, 0.4) is 0 Å². The van der Waals surface area contributed by atoms with E-state index in [9.17, 15) is 18.4 Å². The highest BCUT2D eigenvalue weighted by atomic mass is 32.2.